The fourth-order valence-corrected chi connectivity index (χ4v) is 3.72. The second-order valence-corrected chi connectivity index (χ2v) is 6.64. The maximum absolute atomic E-state index is 6.05. The average molecular weight is 349 g/mol. The molecule has 0 spiro atoms. The molecule has 0 amide bonds. The lowest BCUT2D eigenvalue weighted by Gasteiger charge is -2.23. The lowest BCUT2D eigenvalue weighted by molar-refractivity contribution is 0.462. The normalized spacial score (nSPS) is 15.5. The Bertz CT molecular complexity index is 997. The van der Waals surface area contributed by atoms with E-state index in [4.69, 9.17) is 13.3 Å². The number of hydrogen-bond donors (Lipinski definition) is 1. The Labute approximate surface area is 150 Å². The first-order valence-electron chi connectivity index (χ1n) is 9.02. The van der Waals surface area contributed by atoms with E-state index in [0.717, 1.165) is 29.6 Å². The maximum Gasteiger partial charge on any atom is 0.232 e. The van der Waals surface area contributed by atoms with Crippen molar-refractivity contribution in [3.8, 4) is 22.8 Å². The molecule has 4 aromatic heterocycles. The van der Waals surface area contributed by atoms with E-state index in [-0.39, 0.29) is 0 Å². The van der Waals surface area contributed by atoms with Crippen molar-refractivity contribution in [2.45, 2.75) is 38.1 Å². The van der Waals surface area contributed by atoms with Crippen LogP contribution in [0.1, 0.15) is 32.1 Å². The van der Waals surface area contributed by atoms with Crippen LogP contribution in [-0.2, 0) is 0 Å². The molecule has 0 saturated heterocycles. The molecule has 5 rings (SSSR count). The van der Waals surface area contributed by atoms with Gasteiger partial charge >= 0.3 is 0 Å². The van der Waals surface area contributed by atoms with Gasteiger partial charge in [0.15, 0.2) is 11.5 Å². The molecule has 6 nitrogen and oxygen atoms in total. The van der Waals surface area contributed by atoms with Crippen LogP contribution < -0.4 is 5.32 Å². The molecule has 0 bridgehead atoms. The molecule has 0 radical (unpaired) electrons. The topological polar surface area (TPSA) is 77.2 Å². The third-order valence-electron chi connectivity index (χ3n) is 4.95. The van der Waals surface area contributed by atoms with Crippen molar-refractivity contribution in [2.75, 3.05) is 5.32 Å². The molecule has 1 aliphatic carbocycles. The van der Waals surface area contributed by atoms with Gasteiger partial charge in [0, 0.05) is 6.04 Å². The minimum atomic E-state index is 0.424. The second kappa shape index (κ2) is 6.37. The summed E-state index contributed by atoms with van der Waals surface area (Å²) < 4.78 is 17.3. The van der Waals surface area contributed by atoms with E-state index >= 15 is 0 Å². The lowest BCUT2D eigenvalue weighted by Crippen LogP contribution is -2.23. The molecular weight excluding hydrogens is 330 g/mol. The number of fused-ring (bicyclic) bond motifs is 1. The predicted octanol–water partition coefficient (Wildman–Crippen LogP) is 5.49. The molecule has 132 valence electrons. The molecule has 26 heavy (non-hydrogen) atoms. The summed E-state index contributed by atoms with van der Waals surface area (Å²) in [7, 11) is 0. The van der Waals surface area contributed by atoms with Crippen molar-refractivity contribution < 1.29 is 13.3 Å². The van der Waals surface area contributed by atoms with Crippen molar-refractivity contribution in [1.29, 1.82) is 0 Å². The van der Waals surface area contributed by atoms with Crippen LogP contribution in [0.5, 0.6) is 0 Å². The van der Waals surface area contributed by atoms with Gasteiger partial charge in [0.05, 0.1) is 23.5 Å². The van der Waals surface area contributed by atoms with Crippen LogP contribution in [0, 0.1) is 0 Å². The molecule has 0 aliphatic heterocycles. The monoisotopic (exact) mass is 349 g/mol. The van der Waals surface area contributed by atoms with Crippen LogP contribution in [0.4, 0.5) is 5.82 Å². The summed E-state index contributed by atoms with van der Waals surface area (Å²) in [6.45, 7) is 0. The van der Waals surface area contributed by atoms with E-state index in [2.05, 4.69) is 15.3 Å². The largest absolute Gasteiger partial charge is 0.464 e. The Balaban J connectivity index is 1.69. The summed E-state index contributed by atoms with van der Waals surface area (Å²) >= 11 is 0. The zero-order valence-corrected chi connectivity index (χ0v) is 14.3. The molecule has 1 aliphatic rings. The zero-order valence-electron chi connectivity index (χ0n) is 14.3. The minimum Gasteiger partial charge on any atom is -0.464 e. The Kier molecular flexibility index (Phi) is 3.74. The summed E-state index contributed by atoms with van der Waals surface area (Å²) in [5.41, 5.74) is 1.34. The number of anilines is 1. The molecule has 0 unspecified atom stereocenters. The smallest absolute Gasteiger partial charge is 0.232 e. The summed E-state index contributed by atoms with van der Waals surface area (Å²) in [6, 6.07) is 7.90. The number of nitrogens with one attached hydrogen (secondary N) is 1. The van der Waals surface area contributed by atoms with E-state index in [0.29, 0.717) is 29.0 Å². The third kappa shape index (κ3) is 2.58. The third-order valence-corrected chi connectivity index (χ3v) is 4.95. The van der Waals surface area contributed by atoms with Gasteiger partial charge in [0.1, 0.15) is 17.9 Å². The lowest BCUT2D eigenvalue weighted by atomic mass is 9.95. The fraction of sp³-hybridized carbons (Fsp3) is 0.300. The van der Waals surface area contributed by atoms with Gasteiger partial charge in [-0.3, -0.25) is 0 Å². The summed E-state index contributed by atoms with van der Waals surface area (Å²) in [5, 5.41) is 4.43. The fourth-order valence-electron chi connectivity index (χ4n) is 3.72. The summed E-state index contributed by atoms with van der Waals surface area (Å²) in [4.78, 5) is 8.85. The van der Waals surface area contributed by atoms with Crippen LogP contribution >= 0.6 is 0 Å². The first kappa shape index (κ1) is 15.3. The molecular formula is C20H19N3O3. The summed E-state index contributed by atoms with van der Waals surface area (Å²) in [6.07, 6.45) is 10.9. The van der Waals surface area contributed by atoms with E-state index in [1.807, 2.05) is 24.3 Å². The van der Waals surface area contributed by atoms with Crippen molar-refractivity contribution in [3.63, 3.8) is 0 Å². The van der Waals surface area contributed by atoms with Crippen LogP contribution in [0.3, 0.4) is 0 Å². The average Bonchev–Trinajstić information content (AvgIpc) is 3.42. The van der Waals surface area contributed by atoms with Crippen molar-refractivity contribution >= 4 is 16.9 Å². The van der Waals surface area contributed by atoms with Gasteiger partial charge in [-0.05, 0) is 37.1 Å². The number of rotatable bonds is 4. The van der Waals surface area contributed by atoms with E-state index in [9.17, 15) is 0 Å². The Morgan fingerprint density at radius 3 is 2.42 bits per heavy atom. The second-order valence-electron chi connectivity index (χ2n) is 6.64. The Morgan fingerprint density at radius 1 is 0.923 bits per heavy atom. The van der Waals surface area contributed by atoms with Crippen LogP contribution in [0.2, 0.25) is 0 Å². The Hall–Kier alpha value is -3.02. The van der Waals surface area contributed by atoms with Crippen molar-refractivity contribution in [1.82, 2.24) is 9.97 Å². The van der Waals surface area contributed by atoms with Crippen molar-refractivity contribution in [2.24, 2.45) is 0 Å². The van der Waals surface area contributed by atoms with E-state index < -0.39 is 0 Å². The van der Waals surface area contributed by atoms with Gasteiger partial charge in [-0.15, -0.1) is 0 Å². The van der Waals surface area contributed by atoms with Crippen LogP contribution in [-0.4, -0.2) is 16.0 Å². The highest BCUT2D eigenvalue weighted by molar-refractivity contribution is 6.04. The quantitative estimate of drug-likeness (QED) is 0.525. The van der Waals surface area contributed by atoms with Gasteiger partial charge in [-0.1, -0.05) is 19.3 Å². The van der Waals surface area contributed by atoms with E-state index in [1.165, 1.54) is 25.6 Å². The highest BCUT2D eigenvalue weighted by atomic mass is 16.4. The highest BCUT2D eigenvalue weighted by Gasteiger charge is 2.26. The molecule has 1 N–H and O–H groups in total. The van der Waals surface area contributed by atoms with E-state index in [1.54, 1.807) is 12.5 Å². The molecule has 4 heterocycles. The summed E-state index contributed by atoms with van der Waals surface area (Å²) in [5.74, 6) is 2.73. The molecule has 1 saturated carbocycles. The van der Waals surface area contributed by atoms with Crippen LogP contribution in [0.25, 0.3) is 33.9 Å². The molecule has 0 aromatic carbocycles. The van der Waals surface area contributed by atoms with Gasteiger partial charge in [0.2, 0.25) is 5.71 Å². The first-order valence-corrected chi connectivity index (χ1v) is 9.02. The molecule has 6 heteroatoms. The number of nitrogens with zero attached hydrogens (tertiary/aromatic N) is 2. The molecule has 0 atom stereocenters. The highest BCUT2D eigenvalue weighted by Crippen LogP contribution is 2.43. The minimum absolute atomic E-state index is 0.424. The van der Waals surface area contributed by atoms with Gasteiger partial charge in [-0.25, -0.2) is 9.97 Å². The van der Waals surface area contributed by atoms with Crippen LogP contribution in [0.15, 0.2) is 56.4 Å². The predicted molar refractivity (Wildman–Crippen MR) is 97.7 cm³/mol. The van der Waals surface area contributed by atoms with Gasteiger partial charge in [-0.2, -0.15) is 0 Å². The number of hydrogen-bond acceptors (Lipinski definition) is 6. The zero-order chi connectivity index (χ0) is 17.3. The maximum atomic E-state index is 6.05. The molecule has 4 aromatic rings. The standard InChI is InChI=1S/C20H19N3O3/c1-2-6-13(7-3-1)23-19-17-16(14-8-4-10-24-14)18(15-9-5-11-25-15)26-20(17)22-12-21-19/h4-5,8-13H,1-3,6-7H2,(H,21,22,23). The first-order chi connectivity index (χ1) is 12.9. The SMILES string of the molecule is c1coc(-c2oc3ncnc(NC4CCCCC4)c3c2-c2ccco2)c1. The van der Waals surface area contributed by atoms with Gasteiger partial charge in [0.25, 0.3) is 0 Å². The van der Waals surface area contributed by atoms with Gasteiger partial charge < -0.3 is 18.6 Å². The Morgan fingerprint density at radius 2 is 1.69 bits per heavy atom. The number of aromatic nitrogens is 2. The number of furan rings is 3. The molecule has 1 fully saturated rings. The van der Waals surface area contributed by atoms with Crippen molar-refractivity contribution in [3.05, 3.63) is 43.1 Å².